The lowest BCUT2D eigenvalue weighted by molar-refractivity contribution is 0.0646. The van der Waals surface area contributed by atoms with Gasteiger partial charge >= 0.3 is 0 Å². The molecule has 0 aliphatic carbocycles. The fraction of sp³-hybridized carbons (Fsp3) is 0.333. The van der Waals surface area contributed by atoms with Crippen molar-refractivity contribution in [2.75, 3.05) is 20.2 Å². The lowest BCUT2D eigenvalue weighted by Gasteiger charge is -2.14. The maximum atomic E-state index is 5.91. The molecule has 30 heavy (non-hydrogen) atoms. The predicted molar refractivity (Wildman–Crippen MR) is 121 cm³/mol. The van der Waals surface area contributed by atoms with Gasteiger partial charge in [-0.3, -0.25) is 9.67 Å². The summed E-state index contributed by atoms with van der Waals surface area (Å²) in [5.41, 5.74) is 3.56. The molecule has 0 saturated heterocycles. The van der Waals surface area contributed by atoms with Gasteiger partial charge in [0.05, 0.1) is 18.8 Å². The van der Waals surface area contributed by atoms with Crippen LogP contribution in [0.15, 0.2) is 78.0 Å². The Morgan fingerprint density at radius 1 is 1.03 bits per heavy atom. The van der Waals surface area contributed by atoms with Crippen molar-refractivity contribution in [3.8, 4) is 0 Å². The molecule has 1 heterocycles. The number of hydrogen-bond donors (Lipinski definition) is 2. The first-order valence-electron chi connectivity index (χ1n) is 10.4. The van der Waals surface area contributed by atoms with Crippen LogP contribution in [0.2, 0.25) is 0 Å². The van der Waals surface area contributed by atoms with Crippen LogP contribution in [0.1, 0.15) is 36.1 Å². The van der Waals surface area contributed by atoms with Crippen molar-refractivity contribution in [1.82, 2.24) is 20.4 Å². The van der Waals surface area contributed by atoms with Gasteiger partial charge in [-0.1, -0.05) is 60.7 Å². The summed E-state index contributed by atoms with van der Waals surface area (Å²) in [5, 5.41) is 11.1. The van der Waals surface area contributed by atoms with Gasteiger partial charge in [0.25, 0.3) is 0 Å². The van der Waals surface area contributed by atoms with Gasteiger partial charge in [0.2, 0.25) is 0 Å². The van der Waals surface area contributed by atoms with Gasteiger partial charge in [-0.05, 0) is 24.5 Å². The molecule has 2 N–H and O–H groups in total. The van der Waals surface area contributed by atoms with Gasteiger partial charge in [-0.15, -0.1) is 0 Å². The topological polar surface area (TPSA) is 63.5 Å². The fourth-order valence-corrected chi connectivity index (χ4v) is 3.12. The molecule has 0 amide bonds. The molecule has 0 aliphatic heterocycles. The second-order valence-corrected chi connectivity index (χ2v) is 7.16. The summed E-state index contributed by atoms with van der Waals surface area (Å²) < 4.78 is 7.87. The first kappa shape index (κ1) is 21.6. The van der Waals surface area contributed by atoms with E-state index in [1.165, 1.54) is 11.1 Å². The second-order valence-electron chi connectivity index (χ2n) is 7.16. The Kier molecular flexibility index (Phi) is 8.47. The van der Waals surface area contributed by atoms with E-state index in [0.29, 0.717) is 13.2 Å². The van der Waals surface area contributed by atoms with Gasteiger partial charge in [0.15, 0.2) is 5.96 Å². The molecule has 2 aromatic carbocycles. The average molecular weight is 406 g/mol. The van der Waals surface area contributed by atoms with E-state index in [1.54, 1.807) is 7.05 Å². The van der Waals surface area contributed by atoms with Crippen LogP contribution >= 0.6 is 0 Å². The second kappa shape index (κ2) is 11.8. The quantitative estimate of drug-likeness (QED) is 0.306. The molecule has 0 saturated carbocycles. The summed E-state index contributed by atoms with van der Waals surface area (Å²) in [6, 6.07) is 20.6. The van der Waals surface area contributed by atoms with Gasteiger partial charge in [-0.25, -0.2) is 0 Å². The molecule has 6 nitrogen and oxygen atoms in total. The summed E-state index contributed by atoms with van der Waals surface area (Å²) >= 11 is 0. The van der Waals surface area contributed by atoms with Crippen LogP contribution in [-0.2, 0) is 17.8 Å². The molecular formula is C24H31N5O. The van der Waals surface area contributed by atoms with Crippen molar-refractivity contribution >= 4 is 5.96 Å². The van der Waals surface area contributed by atoms with Crippen LogP contribution in [0.3, 0.4) is 0 Å². The van der Waals surface area contributed by atoms with Crippen molar-refractivity contribution in [1.29, 1.82) is 0 Å². The summed E-state index contributed by atoms with van der Waals surface area (Å²) in [5.74, 6) is 0.780. The zero-order valence-electron chi connectivity index (χ0n) is 17.8. The number of guanidine groups is 1. The number of ether oxygens (including phenoxy) is 1. The highest BCUT2D eigenvalue weighted by Gasteiger charge is 2.05. The molecule has 0 bridgehead atoms. The SMILES string of the molecule is CN=C(NCCCOC(C)c1ccccc1)NCc1cnn(Cc2ccccc2)c1. The molecule has 0 radical (unpaired) electrons. The minimum atomic E-state index is 0.107. The third kappa shape index (κ3) is 7.04. The molecule has 3 rings (SSSR count). The van der Waals surface area contributed by atoms with E-state index >= 15 is 0 Å². The standard InChI is InChI=1S/C24H31N5O/c1-20(23-12-7-4-8-13-23)30-15-9-14-26-24(25-2)27-16-22-17-28-29(19-22)18-21-10-5-3-6-11-21/h3-8,10-13,17,19-20H,9,14-16,18H2,1-2H3,(H2,25,26,27). The smallest absolute Gasteiger partial charge is 0.191 e. The Hall–Kier alpha value is -3.12. The highest BCUT2D eigenvalue weighted by molar-refractivity contribution is 5.79. The third-order valence-corrected chi connectivity index (χ3v) is 4.81. The maximum Gasteiger partial charge on any atom is 0.191 e. The third-order valence-electron chi connectivity index (χ3n) is 4.81. The molecule has 0 spiro atoms. The Labute approximate surface area is 179 Å². The minimum absolute atomic E-state index is 0.107. The number of nitrogens with zero attached hydrogens (tertiary/aromatic N) is 3. The lowest BCUT2D eigenvalue weighted by atomic mass is 10.1. The van der Waals surface area contributed by atoms with E-state index in [1.807, 2.05) is 47.3 Å². The van der Waals surface area contributed by atoms with Gasteiger partial charge < -0.3 is 15.4 Å². The molecule has 1 atom stereocenters. The Bertz CT molecular complexity index is 892. The van der Waals surface area contributed by atoms with E-state index in [2.05, 4.69) is 58.1 Å². The zero-order chi connectivity index (χ0) is 21.0. The Morgan fingerprint density at radius 3 is 2.50 bits per heavy atom. The van der Waals surface area contributed by atoms with E-state index < -0.39 is 0 Å². The summed E-state index contributed by atoms with van der Waals surface area (Å²) in [4.78, 5) is 4.28. The molecule has 3 aromatic rings. The number of aromatic nitrogens is 2. The summed E-state index contributed by atoms with van der Waals surface area (Å²) in [6.07, 6.45) is 4.97. The molecule has 1 aromatic heterocycles. The van der Waals surface area contributed by atoms with Crippen molar-refractivity contribution < 1.29 is 4.74 Å². The maximum absolute atomic E-state index is 5.91. The van der Waals surface area contributed by atoms with Crippen molar-refractivity contribution in [3.05, 3.63) is 89.7 Å². The molecule has 0 aliphatic rings. The van der Waals surface area contributed by atoms with Crippen LogP contribution in [0.25, 0.3) is 0 Å². The molecule has 158 valence electrons. The highest BCUT2D eigenvalue weighted by atomic mass is 16.5. The van der Waals surface area contributed by atoms with Crippen LogP contribution in [-0.4, -0.2) is 35.9 Å². The van der Waals surface area contributed by atoms with Gasteiger partial charge in [0.1, 0.15) is 0 Å². The Morgan fingerprint density at radius 2 is 1.77 bits per heavy atom. The Balaban J connectivity index is 1.33. The van der Waals surface area contributed by atoms with Crippen molar-refractivity contribution in [3.63, 3.8) is 0 Å². The number of hydrogen-bond acceptors (Lipinski definition) is 3. The van der Waals surface area contributed by atoms with E-state index in [-0.39, 0.29) is 6.10 Å². The van der Waals surface area contributed by atoms with E-state index in [9.17, 15) is 0 Å². The van der Waals surface area contributed by atoms with Gasteiger partial charge in [0, 0.05) is 38.5 Å². The number of nitrogens with one attached hydrogen (secondary N) is 2. The first-order chi connectivity index (χ1) is 14.7. The molecule has 0 fully saturated rings. The van der Waals surface area contributed by atoms with E-state index in [0.717, 1.165) is 31.0 Å². The van der Waals surface area contributed by atoms with Crippen molar-refractivity contribution in [2.24, 2.45) is 4.99 Å². The van der Waals surface area contributed by atoms with E-state index in [4.69, 9.17) is 4.74 Å². The fourth-order valence-electron chi connectivity index (χ4n) is 3.12. The monoisotopic (exact) mass is 405 g/mol. The van der Waals surface area contributed by atoms with Crippen LogP contribution in [0, 0.1) is 0 Å². The largest absolute Gasteiger partial charge is 0.374 e. The van der Waals surface area contributed by atoms with Crippen molar-refractivity contribution in [2.45, 2.75) is 32.5 Å². The van der Waals surface area contributed by atoms with Crippen LogP contribution in [0.4, 0.5) is 0 Å². The number of rotatable bonds is 10. The lowest BCUT2D eigenvalue weighted by Crippen LogP contribution is -2.37. The molecule has 6 heteroatoms. The number of aliphatic imine (C=N–C) groups is 1. The molecule has 1 unspecified atom stereocenters. The number of benzene rings is 2. The average Bonchev–Trinajstić information content (AvgIpc) is 3.24. The van der Waals surface area contributed by atoms with Crippen LogP contribution < -0.4 is 10.6 Å². The first-order valence-corrected chi connectivity index (χ1v) is 10.4. The predicted octanol–water partition coefficient (Wildman–Crippen LogP) is 3.76. The minimum Gasteiger partial charge on any atom is -0.374 e. The normalized spacial score (nSPS) is 12.5. The van der Waals surface area contributed by atoms with Gasteiger partial charge in [-0.2, -0.15) is 5.10 Å². The summed E-state index contributed by atoms with van der Waals surface area (Å²) in [7, 11) is 1.78. The zero-order valence-corrected chi connectivity index (χ0v) is 17.8. The van der Waals surface area contributed by atoms with Crippen LogP contribution in [0.5, 0.6) is 0 Å². The molecular weight excluding hydrogens is 374 g/mol. The summed E-state index contributed by atoms with van der Waals surface area (Å²) in [6.45, 7) is 5.03. The highest BCUT2D eigenvalue weighted by Crippen LogP contribution is 2.15.